The number of anilines is 2. The van der Waals surface area contributed by atoms with Crippen molar-refractivity contribution < 1.29 is 19.7 Å². The van der Waals surface area contributed by atoms with Crippen LogP contribution in [0.3, 0.4) is 0 Å². The van der Waals surface area contributed by atoms with Gasteiger partial charge < -0.3 is 30.5 Å². The zero-order valence-corrected chi connectivity index (χ0v) is 19.8. The van der Waals surface area contributed by atoms with Crippen molar-refractivity contribution in [2.75, 3.05) is 56.2 Å². The van der Waals surface area contributed by atoms with Crippen LogP contribution in [0.1, 0.15) is 25.1 Å². The molecule has 2 aromatic rings. The van der Waals surface area contributed by atoms with E-state index in [0.29, 0.717) is 44.4 Å². The third-order valence-electron chi connectivity index (χ3n) is 6.18. The first-order valence-electron chi connectivity index (χ1n) is 11.9. The van der Waals surface area contributed by atoms with Gasteiger partial charge in [-0.2, -0.15) is 0 Å². The minimum atomic E-state index is -0.772. The van der Waals surface area contributed by atoms with E-state index in [0.717, 1.165) is 42.1 Å². The van der Waals surface area contributed by atoms with Gasteiger partial charge in [0.25, 0.3) is 0 Å². The Morgan fingerprint density at radius 3 is 2.76 bits per heavy atom. The standard InChI is InChI=1S/C24H34N6O4/c1-3-25-24(33)26-18-6-4-17(5-7-18)22-27-21-13-29(12-19(32)14-31)9-8-20(21)23(28-22)30-10-11-34-15-16(30)2/h4-7,16,19,31-32H,3,8-15H2,1-2H3,(H2,25,26,33). The average Bonchev–Trinajstić information content (AvgIpc) is 2.84. The molecule has 2 amide bonds. The first kappa shape index (κ1) is 24.3. The molecule has 184 valence electrons. The summed E-state index contributed by atoms with van der Waals surface area (Å²) in [5, 5.41) is 24.7. The number of carbonyl (C=O) groups excluding carboxylic acids is 1. The third-order valence-corrected chi connectivity index (χ3v) is 6.18. The van der Waals surface area contributed by atoms with E-state index in [1.165, 1.54) is 0 Å². The molecule has 0 spiro atoms. The Morgan fingerprint density at radius 2 is 2.06 bits per heavy atom. The minimum Gasteiger partial charge on any atom is -0.394 e. The van der Waals surface area contributed by atoms with E-state index in [2.05, 4.69) is 27.4 Å². The summed E-state index contributed by atoms with van der Waals surface area (Å²) in [6, 6.07) is 7.47. The van der Waals surface area contributed by atoms with Gasteiger partial charge >= 0.3 is 6.03 Å². The van der Waals surface area contributed by atoms with Crippen molar-refractivity contribution >= 4 is 17.5 Å². The monoisotopic (exact) mass is 470 g/mol. The van der Waals surface area contributed by atoms with Crippen LogP contribution in [-0.4, -0.2) is 89.3 Å². The van der Waals surface area contributed by atoms with E-state index in [9.17, 15) is 15.0 Å². The molecule has 4 N–H and O–H groups in total. The van der Waals surface area contributed by atoms with E-state index in [-0.39, 0.29) is 18.7 Å². The van der Waals surface area contributed by atoms with Crippen LogP contribution >= 0.6 is 0 Å². The van der Waals surface area contributed by atoms with Crippen LogP contribution in [0.4, 0.5) is 16.3 Å². The van der Waals surface area contributed by atoms with Gasteiger partial charge in [0.2, 0.25) is 0 Å². The Morgan fingerprint density at radius 1 is 1.26 bits per heavy atom. The predicted molar refractivity (Wildman–Crippen MR) is 130 cm³/mol. The lowest BCUT2D eigenvalue weighted by Crippen LogP contribution is -2.46. The van der Waals surface area contributed by atoms with Crippen LogP contribution < -0.4 is 15.5 Å². The maximum absolute atomic E-state index is 11.8. The molecule has 4 rings (SSSR count). The van der Waals surface area contributed by atoms with Crippen molar-refractivity contribution in [2.24, 2.45) is 0 Å². The van der Waals surface area contributed by atoms with E-state index in [4.69, 9.17) is 14.7 Å². The number of aromatic nitrogens is 2. The topological polar surface area (TPSA) is 123 Å². The SMILES string of the molecule is CCNC(=O)Nc1ccc(-c2nc3c(c(N4CCOCC4C)n2)CCN(CC(O)CO)C3)cc1. The number of nitrogens with one attached hydrogen (secondary N) is 2. The summed E-state index contributed by atoms with van der Waals surface area (Å²) in [5.41, 5.74) is 3.64. The normalized spacial score (nSPS) is 19.4. The van der Waals surface area contributed by atoms with Crippen molar-refractivity contribution in [2.45, 2.75) is 39.0 Å². The van der Waals surface area contributed by atoms with Gasteiger partial charge in [-0.15, -0.1) is 0 Å². The molecule has 2 unspecified atom stereocenters. The molecule has 10 nitrogen and oxygen atoms in total. The van der Waals surface area contributed by atoms with E-state index >= 15 is 0 Å². The number of nitrogens with zero attached hydrogens (tertiary/aromatic N) is 4. The largest absolute Gasteiger partial charge is 0.394 e. The molecule has 34 heavy (non-hydrogen) atoms. The zero-order valence-electron chi connectivity index (χ0n) is 19.8. The Labute approximate surface area is 200 Å². The van der Waals surface area contributed by atoms with Crippen LogP contribution in [0.2, 0.25) is 0 Å². The van der Waals surface area contributed by atoms with Crippen LogP contribution in [0.15, 0.2) is 24.3 Å². The van der Waals surface area contributed by atoms with Gasteiger partial charge in [-0.05, 0) is 44.5 Å². The highest BCUT2D eigenvalue weighted by atomic mass is 16.5. The van der Waals surface area contributed by atoms with Gasteiger partial charge in [0.1, 0.15) is 5.82 Å². The number of amides is 2. The number of morpholine rings is 1. The number of carbonyl (C=O) groups is 1. The summed E-state index contributed by atoms with van der Waals surface area (Å²) in [7, 11) is 0. The average molecular weight is 471 g/mol. The lowest BCUT2D eigenvalue weighted by atomic mass is 10.0. The number of hydrogen-bond acceptors (Lipinski definition) is 8. The fourth-order valence-electron chi connectivity index (χ4n) is 4.42. The first-order chi connectivity index (χ1) is 16.5. The smallest absolute Gasteiger partial charge is 0.319 e. The van der Waals surface area contributed by atoms with Crippen molar-refractivity contribution in [1.29, 1.82) is 0 Å². The molecule has 1 aromatic carbocycles. The molecule has 1 fully saturated rings. The molecule has 0 saturated carbocycles. The second-order valence-corrected chi connectivity index (χ2v) is 8.80. The fourth-order valence-corrected chi connectivity index (χ4v) is 4.42. The van der Waals surface area contributed by atoms with Gasteiger partial charge in [-0.25, -0.2) is 14.8 Å². The highest BCUT2D eigenvalue weighted by Crippen LogP contribution is 2.31. The van der Waals surface area contributed by atoms with Crippen molar-refractivity contribution in [1.82, 2.24) is 20.2 Å². The molecule has 2 aliphatic heterocycles. The quantitative estimate of drug-likeness (QED) is 0.476. The van der Waals surface area contributed by atoms with Crippen LogP contribution in [-0.2, 0) is 17.7 Å². The highest BCUT2D eigenvalue weighted by molar-refractivity contribution is 5.89. The number of aliphatic hydroxyl groups excluding tert-OH is 2. The molecule has 3 heterocycles. The number of aliphatic hydroxyl groups is 2. The number of hydrogen-bond donors (Lipinski definition) is 4. The molecule has 2 aliphatic rings. The summed E-state index contributed by atoms with van der Waals surface area (Å²) in [6.45, 7) is 8.16. The summed E-state index contributed by atoms with van der Waals surface area (Å²) < 4.78 is 5.64. The van der Waals surface area contributed by atoms with Crippen LogP contribution in [0.25, 0.3) is 11.4 Å². The third kappa shape index (κ3) is 5.64. The minimum absolute atomic E-state index is 0.207. The van der Waals surface area contributed by atoms with E-state index in [1.807, 2.05) is 31.2 Å². The molecule has 0 bridgehead atoms. The molecule has 10 heteroatoms. The van der Waals surface area contributed by atoms with Gasteiger partial charge in [0.05, 0.1) is 37.7 Å². The van der Waals surface area contributed by atoms with Crippen LogP contribution in [0.5, 0.6) is 0 Å². The highest BCUT2D eigenvalue weighted by Gasteiger charge is 2.29. The second kappa shape index (κ2) is 11.1. The number of fused-ring (bicyclic) bond motifs is 1. The van der Waals surface area contributed by atoms with Crippen molar-refractivity contribution in [3.05, 3.63) is 35.5 Å². The van der Waals surface area contributed by atoms with E-state index in [1.54, 1.807) is 0 Å². The lowest BCUT2D eigenvalue weighted by Gasteiger charge is -2.38. The van der Waals surface area contributed by atoms with Gasteiger partial charge in [0.15, 0.2) is 5.82 Å². The number of β-amino-alcohol motifs (C(OH)–C–C–N with tert-alkyl or cyclic N) is 1. The predicted octanol–water partition coefficient (Wildman–Crippen LogP) is 1.22. The Bertz CT molecular complexity index is 986. The zero-order chi connectivity index (χ0) is 24.1. The lowest BCUT2D eigenvalue weighted by molar-refractivity contribution is 0.0545. The molecular weight excluding hydrogens is 436 g/mol. The summed E-state index contributed by atoms with van der Waals surface area (Å²) in [6.07, 6.45) is 0.00861. The molecular formula is C24H34N6O4. The molecule has 0 aliphatic carbocycles. The second-order valence-electron chi connectivity index (χ2n) is 8.80. The van der Waals surface area contributed by atoms with Gasteiger partial charge in [-0.1, -0.05) is 0 Å². The number of benzene rings is 1. The fraction of sp³-hybridized carbons (Fsp3) is 0.542. The Balaban J connectivity index is 1.65. The molecule has 1 saturated heterocycles. The maximum Gasteiger partial charge on any atom is 0.319 e. The molecule has 0 radical (unpaired) electrons. The molecule has 2 atom stereocenters. The maximum atomic E-state index is 11.8. The molecule has 1 aromatic heterocycles. The number of urea groups is 1. The van der Waals surface area contributed by atoms with Gasteiger partial charge in [-0.3, -0.25) is 4.90 Å². The first-order valence-corrected chi connectivity index (χ1v) is 11.9. The summed E-state index contributed by atoms with van der Waals surface area (Å²) in [4.78, 5) is 26.1. The van der Waals surface area contributed by atoms with Crippen molar-refractivity contribution in [3.63, 3.8) is 0 Å². The number of rotatable bonds is 7. The Kier molecular flexibility index (Phi) is 7.94. The van der Waals surface area contributed by atoms with E-state index < -0.39 is 6.10 Å². The number of ether oxygens (including phenoxy) is 1. The van der Waals surface area contributed by atoms with Crippen molar-refractivity contribution in [3.8, 4) is 11.4 Å². The Hall–Kier alpha value is -2.79. The van der Waals surface area contributed by atoms with Gasteiger partial charge in [0, 0.05) is 49.5 Å². The van der Waals surface area contributed by atoms with Crippen LogP contribution in [0, 0.1) is 0 Å². The summed E-state index contributed by atoms with van der Waals surface area (Å²) in [5.74, 6) is 1.57. The summed E-state index contributed by atoms with van der Waals surface area (Å²) >= 11 is 0.